The van der Waals surface area contributed by atoms with Gasteiger partial charge in [0.15, 0.2) is 0 Å². The molecule has 2 aromatic rings. The Kier molecular flexibility index (Phi) is 2.49. The minimum atomic E-state index is -4.33. The number of nitrogens with two attached hydrogens (primary N) is 1. The molecule has 0 fully saturated rings. The molecule has 3 N–H and O–H groups in total. The predicted octanol–water partition coefficient (Wildman–Crippen LogP) is 1.13. The number of anilines is 1. The third-order valence-electron chi connectivity index (χ3n) is 2.07. The molecule has 0 radical (unpaired) electrons. The number of fused-ring (bicyclic) bond motifs is 1. The van der Waals surface area contributed by atoms with E-state index in [-0.39, 0.29) is 10.6 Å². The molecule has 86 valence electrons. The van der Waals surface area contributed by atoms with E-state index in [1.54, 1.807) is 0 Å². The number of methoxy groups -OCH3 is 1. The lowest BCUT2D eigenvalue weighted by molar-refractivity contribution is 0.398. The number of benzene rings is 1. The monoisotopic (exact) mass is 260 g/mol. The number of nitrogen functional groups attached to an aromatic ring is 1. The first-order chi connectivity index (χ1) is 7.43. The van der Waals surface area contributed by atoms with E-state index < -0.39 is 10.1 Å². The molecule has 0 aliphatic carbocycles. The first kappa shape index (κ1) is 11.1. The van der Waals surface area contributed by atoms with Crippen LogP contribution in [0.2, 0.25) is 0 Å². The van der Waals surface area contributed by atoms with Crippen LogP contribution in [0.4, 0.5) is 5.00 Å². The molecule has 0 spiro atoms. The number of rotatable bonds is 2. The Morgan fingerprint density at radius 2 is 2.19 bits per heavy atom. The summed E-state index contributed by atoms with van der Waals surface area (Å²) in [5.41, 5.74) is 6.06. The zero-order chi connectivity index (χ0) is 11.9. The van der Waals surface area contributed by atoms with Crippen molar-refractivity contribution in [2.75, 3.05) is 12.8 Å². The minimum Gasteiger partial charge on any atom is -0.495 e. The zero-order valence-electron chi connectivity index (χ0n) is 8.17. The first-order valence-electron chi connectivity index (χ1n) is 4.14. The largest absolute Gasteiger partial charge is 0.495 e. The summed E-state index contributed by atoms with van der Waals surface area (Å²) in [5.74, 6) is 0.0434. The highest BCUT2D eigenvalue weighted by atomic mass is 32.2. The maximum Gasteiger partial charge on any atom is 0.298 e. The van der Waals surface area contributed by atoms with Gasteiger partial charge in [-0.25, -0.2) is 0 Å². The van der Waals surface area contributed by atoms with Crippen LogP contribution in [0.25, 0.3) is 10.9 Å². The summed E-state index contributed by atoms with van der Waals surface area (Å²) in [6.07, 6.45) is 0. The van der Waals surface area contributed by atoms with Gasteiger partial charge in [-0.15, -0.1) is 0 Å². The number of ether oxygens (including phenoxy) is 1. The Bertz CT molecular complexity index is 647. The van der Waals surface area contributed by atoms with Crippen molar-refractivity contribution in [3.8, 4) is 5.75 Å². The molecular formula is C8H8N2O4S2. The molecule has 0 unspecified atom stereocenters. The molecule has 0 amide bonds. The van der Waals surface area contributed by atoms with Crippen LogP contribution in [0.1, 0.15) is 0 Å². The zero-order valence-corrected chi connectivity index (χ0v) is 9.80. The summed E-state index contributed by atoms with van der Waals surface area (Å²) in [6.45, 7) is 0. The van der Waals surface area contributed by atoms with Gasteiger partial charge in [-0.1, -0.05) is 0 Å². The van der Waals surface area contributed by atoms with Crippen molar-refractivity contribution in [1.82, 2.24) is 4.37 Å². The fourth-order valence-corrected chi connectivity index (χ4v) is 2.60. The molecule has 0 aliphatic heterocycles. The molecule has 0 aliphatic rings. The summed E-state index contributed by atoms with van der Waals surface area (Å²) in [6, 6.07) is 2.67. The molecule has 1 heterocycles. The molecule has 1 aromatic heterocycles. The maximum atomic E-state index is 11.1. The third-order valence-corrected chi connectivity index (χ3v) is 3.65. The molecule has 0 saturated heterocycles. The van der Waals surface area contributed by atoms with Crippen molar-refractivity contribution >= 4 is 37.6 Å². The number of nitrogens with zero attached hydrogens (tertiary/aromatic N) is 1. The van der Waals surface area contributed by atoms with E-state index in [9.17, 15) is 8.42 Å². The van der Waals surface area contributed by atoms with Crippen LogP contribution < -0.4 is 10.5 Å². The molecule has 16 heavy (non-hydrogen) atoms. The van der Waals surface area contributed by atoms with Gasteiger partial charge in [-0.3, -0.25) is 4.55 Å². The summed E-state index contributed by atoms with van der Waals surface area (Å²) in [7, 11) is -3.02. The lowest BCUT2D eigenvalue weighted by Gasteiger charge is -2.05. The van der Waals surface area contributed by atoms with Crippen LogP contribution in [0.3, 0.4) is 0 Å². The van der Waals surface area contributed by atoms with Crippen molar-refractivity contribution < 1.29 is 17.7 Å². The second-order valence-electron chi connectivity index (χ2n) is 3.04. The molecule has 2 rings (SSSR count). The summed E-state index contributed by atoms with van der Waals surface area (Å²) < 4.78 is 40.0. The van der Waals surface area contributed by atoms with Crippen LogP contribution in [-0.2, 0) is 10.1 Å². The Morgan fingerprint density at radius 1 is 1.50 bits per heavy atom. The quantitative estimate of drug-likeness (QED) is 0.785. The van der Waals surface area contributed by atoms with E-state index in [1.807, 2.05) is 0 Å². The molecule has 8 heteroatoms. The van der Waals surface area contributed by atoms with Crippen LogP contribution in [-0.4, -0.2) is 24.5 Å². The normalized spacial score (nSPS) is 11.9. The molecule has 0 saturated carbocycles. The van der Waals surface area contributed by atoms with E-state index in [0.717, 1.165) is 11.5 Å². The summed E-state index contributed by atoms with van der Waals surface area (Å²) in [5, 5.41) is 1.07. The fraction of sp³-hybridized carbons (Fsp3) is 0.125. The second-order valence-corrected chi connectivity index (χ2v) is 5.24. The lowest BCUT2D eigenvalue weighted by atomic mass is 10.2. The number of hydrogen-bond donors (Lipinski definition) is 2. The molecular weight excluding hydrogens is 252 g/mol. The van der Waals surface area contributed by atoms with Gasteiger partial charge in [-0.05, 0) is 23.7 Å². The fourth-order valence-electron chi connectivity index (χ4n) is 1.33. The molecule has 1 aromatic carbocycles. The topological polar surface area (TPSA) is 103 Å². The average Bonchev–Trinajstić information content (AvgIpc) is 2.57. The van der Waals surface area contributed by atoms with E-state index >= 15 is 0 Å². The standard InChI is InChI=1S/C8H8N2O4S2/c1-14-6-2-4-5(10-15-8(4)9)3-7(6)16(11,12)13/h2-3H,9H2,1H3,(H,11,12,13). The average molecular weight is 260 g/mol. The molecule has 6 nitrogen and oxygen atoms in total. The second kappa shape index (κ2) is 3.58. The summed E-state index contributed by atoms with van der Waals surface area (Å²) >= 11 is 1.05. The first-order valence-corrected chi connectivity index (χ1v) is 6.35. The Labute approximate surface area is 95.6 Å². The van der Waals surface area contributed by atoms with Gasteiger partial charge in [0, 0.05) is 5.39 Å². The van der Waals surface area contributed by atoms with Crippen LogP contribution in [0, 0.1) is 0 Å². The van der Waals surface area contributed by atoms with Gasteiger partial charge < -0.3 is 10.5 Å². The van der Waals surface area contributed by atoms with Gasteiger partial charge in [-0.2, -0.15) is 12.8 Å². The Balaban J connectivity index is 2.84. The Hall–Kier alpha value is -1.38. The van der Waals surface area contributed by atoms with Crippen molar-refractivity contribution in [3.05, 3.63) is 12.1 Å². The molecule has 0 bridgehead atoms. The van der Waals surface area contributed by atoms with Crippen molar-refractivity contribution in [2.24, 2.45) is 0 Å². The summed E-state index contributed by atoms with van der Waals surface area (Å²) in [4.78, 5) is -0.312. The van der Waals surface area contributed by atoms with Crippen molar-refractivity contribution in [1.29, 1.82) is 0 Å². The van der Waals surface area contributed by atoms with Crippen molar-refractivity contribution in [3.63, 3.8) is 0 Å². The van der Waals surface area contributed by atoms with Crippen LogP contribution in [0.5, 0.6) is 5.75 Å². The van der Waals surface area contributed by atoms with Gasteiger partial charge in [0.2, 0.25) is 0 Å². The third kappa shape index (κ3) is 1.70. The van der Waals surface area contributed by atoms with Gasteiger partial charge >= 0.3 is 0 Å². The van der Waals surface area contributed by atoms with E-state index in [1.165, 1.54) is 19.2 Å². The van der Waals surface area contributed by atoms with E-state index in [4.69, 9.17) is 15.0 Å². The van der Waals surface area contributed by atoms with Crippen molar-refractivity contribution in [2.45, 2.75) is 4.90 Å². The van der Waals surface area contributed by atoms with E-state index in [2.05, 4.69) is 4.37 Å². The van der Waals surface area contributed by atoms with E-state index in [0.29, 0.717) is 15.9 Å². The maximum absolute atomic E-state index is 11.1. The van der Waals surface area contributed by atoms with Crippen LogP contribution >= 0.6 is 11.5 Å². The Morgan fingerprint density at radius 3 is 2.75 bits per heavy atom. The minimum absolute atomic E-state index is 0.0434. The highest BCUT2D eigenvalue weighted by molar-refractivity contribution is 7.86. The van der Waals surface area contributed by atoms with Gasteiger partial charge in [0.1, 0.15) is 15.6 Å². The lowest BCUT2D eigenvalue weighted by Crippen LogP contribution is -2.01. The smallest absolute Gasteiger partial charge is 0.298 e. The highest BCUT2D eigenvalue weighted by Gasteiger charge is 2.19. The van der Waals surface area contributed by atoms with Crippen LogP contribution in [0.15, 0.2) is 17.0 Å². The number of hydrogen-bond acceptors (Lipinski definition) is 6. The van der Waals surface area contributed by atoms with Gasteiger partial charge in [0.05, 0.1) is 12.6 Å². The SMILES string of the molecule is COc1cc2c(N)snc2cc1S(=O)(=O)O. The predicted molar refractivity (Wildman–Crippen MR) is 60.4 cm³/mol. The number of aromatic nitrogens is 1. The highest BCUT2D eigenvalue weighted by Crippen LogP contribution is 2.33. The molecule has 0 atom stereocenters. The van der Waals surface area contributed by atoms with Gasteiger partial charge in [0.25, 0.3) is 10.1 Å².